The molecule has 2 aliphatic rings. The Balaban J connectivity index is 1.55. The fourth-order valence-electron chi connectivity index (χ4n) is 5.10. The maximum Gasteiger partial charge on any atom is 0.261 e. The summed E-state index contributed by atoms with van der Waals surface area (Å²) in [7, 11) is 0. The van der Waals surface area contributed by atoms with E-state index < -0.39 is 0 Å². The highest BCUT2D eigenvalue weighted by Crippen LogP contribution is 2.39. The van der Waals surface area contributed by atoms with E-state index in [9.17, 15) is 4.39 Å². The number of nitrogens with zero attached hydrogens (tertiary/aromatic N) is 4. The lowest BCUT2D eigenvalue weighted by Crippen LogP contribution is -2.50. The number of anilines is 1. The van der Waals surface area contributed by atoms with Gasteiger partial charge in [-0.2, -0.15) is 4.98 Å². The van der Waals surface area contributed by atoms with Crippen LogP contribution in [0.1, 0.15) is 43.1 Å². The monoisotopic (exact) mass is 439 g/mol. The zero-order chi connectivity index (χ0) is 22.4. The molecule has 32 heavy (non-hydrogen) atoms. The molecule has 2 aromatic heterocycles. The predicted molar refractivity (Wildman–Crippen MR) is 121 cm³/mol. The highest BCUT2D eigenvalue weighted by Gasteiger charge is 2.32. The molecule has 8 heteroatoms. The molecule has 2 saturated heterocycles. The number of fused-ring (bicyclic) bond motifs is 1. The third kappa shape index (κ3) is 3.86. The van der Waals surface area contributed by atoms with E-state index >= 15 is 0 Å². The first-order chi connectivity index (χ1) is 15.4. The molecule has 3 atom stereocenters. The normalized spacial score (nSPS) is 23.9. The van der Waals surface area contributed by atoms with Gasteiger partial charge in [0.15, 0.2) is 5.82 Å². The molecule has 1 aromatic carbocycles. The molecular weight excluding hydrogens is 409 g/mol. The van der Waals surface area contributed by atoms with Crippen molar-refractivity contribution in [1.29, 1.82) is 0 Å². The molecule has 4 heterocycles. The Labute approximate surface area is 187 Å². The molecule has 3 aromatic rings. The molecule has 5 rings (SSSR count). The van der Waals surface area contributed by atoms with Crippen molar-refractivity contribution in [2.75, 3.05) is 24.7 Å². The minimum Gasteiger partial charge on any atom is -0.380 e. The Morgan fingerprint density at radius 3 is 2.66 bits per heavy atom. The maximum atomic E-state index is 14.9. The molecule has 170 valence electrons. The van der Waals surface area contributed by atoms with Crippen LogP contribution in [0.15, 0.2) is 16.7 Å². The van der Waals surface area contributed by atoms with Gasteiger partial charge in [-0.25, -0.2) is 9.37 Å². The van der Waals surface area contributed by atoms with E-state index in [0.29, 0.717) is 29.3 Å². The first-order valence-electron chi connectivity index (χ1n) is 11.4. The molecule has 1 N–H and O–H groups in total. The molecule has 0 saturated carbocycles. The molecule has 0 unspecified atom stereocenters. The zero-order valence-electron chi connectivity index (χ0n) is 19.1. The molecule has 0 radical (unpaired) electrons. The lowest BCUT2D eigenvalue weighted by Gasteiger charge is -2.40. The summed E-state index contributed by atoms with van der Waals surface area (Å²) in [6, 6.07) is 4.61. The number of aryl methyl sites for hydroxylation is 3. The number of halogens is 1. The second-order valence-electron chi connectivity index (χ2n) is 9.22. The number of rotatable bonds is 4. The maximum absolute atomic E-state index is 14.9. The third-order valence-electron chi connectivity index (χ3n) is 6.72. The quantitative estimate of drug-likeness (QED) is 0.656. The predicted octanol–water partition coefficient (Wildman–Crippen LogP) is 4.08. The summed E-state index contributed by atoms with van der Waals surface area (Å²) in [5.74, 6) is 1.41. The van der Waals surface area contributed by atoms with Gasteiger partial charge < -0.3 is 19.5 Å². The fraction of sp³-hybridized carbons (Fsp3) is 0.542. The minimum absolute atomic E-state index is 0.226. The number of nitrogens with one attached hydrogen (secondary N) is 1. The van der Waals surface area contributed by atoms with Gasteiger partial charge in [0.2, 0.25) is 0 Å². The number of aromatic nitrogens is 3. The van der Waals surface area contributed by atoms with Crippen molar-refractivity contribution in [3.63, 3.8) is 0 Å². The van der Waals surface area contributed by atoms with Gasteiger partial charge in [0.05, 0.1) is 12.2 Å². The minimum atomic E-state index is -0.303. The summed E-state index contributed by atoms with van der Waals surface area (Å²) in [5, 5.41) is 8.53. The summed E-state index contributed by atoms with van der Waals surface area (Å²) in [5.41, 5.74) is 2.95. The van der Waals surface area contributed by atoms with Crippen LogP contribution in [-0.2, 0) is 4.74 Å². The van der Waals surface area contributed by atoms with E-state index in [1.54, 1.807) is 13.0 Å². The number of ether oxygens (including phenoxy) is 1. The van der Waals surface area contributed by atoms with Crippen LogP contribution in [0.25, 0.3) is 22.4 Å². The van der Waals surface area contributed by atoms with Crippen molar-refractivity contribution in [2.45, 2.75) is 65.1 Å². The van der Waals surface area contributed by atoms with Crippen LogP contribution in [0.3, 0.4) is 0 Å². The Kier molecular flexibility index (Phi) is 5.59. The third-order valence-corrected chi connectivity index (χ3v) is 6.72. The topological polar surface area (TPSA) is 76.3 Å². The van der Waals surface area contributed by atoms with Crippen LogP contribution in [0.4, 0.5) is 10.2 Å². The molecule has 0 spiro atoms. The van der Waals surface area contributed by atoms with E-state index in [2.05, 4.69) is 27.3 Å². The van der Waals surface area contributed by atoms with Crippen molar-refractivity contribution >= 4 is 16.7 Å². The van der Waals surface area contributed by atoms with Gasteiger partial charge in [-0.1, -0.05) is 5.16 Å². The van der Waals surface area contributed by atoms with Crippen LogP contribution < -0.4 is 10.2 Å². The van der Waals surface area contributed by atoms with E-state index in [1.807, 2.05) is 19.9 Å². The first kappa shape index (κ1) is 21.3. The van der Waals surface area contributed by atoms with Crippen molar-refractivity contribution in [3.05, 3.63) is 34.9 Å². The summed E-state index contributed by atoms with van der Waals surface area (Å²) < 4.78 is 26.0. The largest absolute Gasteiger partial charge is 0.380 e. The SMILES string of the molecule is Cc1cc(F)c2nc(N3CC[C@H](N[C@@H]4CCOC4)C[C@H]3C)c(-c3nc(C)no3)c(C)c2c1. The average molecular weight is 440 g/mol. The molecule has 2 aliphatic heterocycles. The molecular formula is C24H30FN5O2. The Bertz CT molecular complexity index is 1140. The second-order valence-corrected chi connectivity index (χ2v) is 9.22. The van der Waals surface area contributed by atoms with Crippen molar-refractivity contribution < 1.29 is 13.7 Å². The highest BCUT2D eigenvalue weighted by molar-refractivity contribution is 5.93. The van der Waals surface area contributed by atoms with Gasteiger partial charge >= 0.3 is 0 Å². The number of hydrogen-bond acceptors (Lipinski definition) is 7. The summed E-state index contributed by atoms with van der Waals surface area (Å²) in [4.78, 5) is 11.6. The molecule has 7 nitrogen and oxygen atoms in total. The van der Waals surface area contributed by atoms with Crippen LogP contribution >= 0.6 is 0 Å². The molecule has 0 amide bonds. The van der Waals surface area contributed by atoms with Gasteiger partial charge in [0.1, 0.15) is 17.2 Å². The van der Waals surface area contributed by atoms with Crippen molar-refractivity contribution in [2.24, 2.45) is 0 Å². The molecule has 0 aliphatic carbocycles. The number of benzene rings is 1. The molecule has 0 bridgehead atoms. The van der Waals surface area contributed by atoms with Crippen LogP contribution in [0.2, 0.25) is 0 Å². The number of hydrogen-bond donors (Lipinski definition) is 1. The smallest absolute Gasteiger partial charge is 0.261 e. The first-order valence-corrected chi connectivity index (χ1v) is 11.4. The van der Waals surface area contributed by atoms with Crippen molar-refractivity contribution in [1.82, 2.24) is 20.4 Å². The van der Waals surface area contributed by atoms with E-state index in [4.69, 9.17) is 14.2 Å². The number of pyridine rings is 1. The number of piperidine rings is 1. The van der Waals surface area contributed by atoms with Gasteiger partial charge in [0, 0.05) is 36.7 Å². The fourth-order valence-corrected chi connectivity index (χ4v) is 5.10. The average Bonchev–Trinajstić information content (AvgIpc) is 3.40. The Morgan fingerprint density at radius 2 is 1.97 bits per heavy atom. The standard InChI is InChI=1S/C24H30FN5O2/c1-13-9-19-15(3)21(24-26-16(4)29-32-24)23(28-22(19)20(25)10-13)30-7-5-17(11-14(30)2)27-18-6-8-31-12-18/h9-10,14,17-18,27H,5-8,11-12H2,1-4H3/t14-,17+,18-/m1/s1. The van der Waals surface area contributed by atoms with Gasteiger partial charge in [-0.05, 0) is 70.2 Å². The van der Waals surface area contributed by atoms with Crippen LogP contribution in [-0.4, -0.2) is 53.0 Å². The van der Waals surface area contributed by atoms with Gasteiger partial charge in [-0.3, -0.25) is 0 Å². The van der Waals surface area contributed by atoms with Crippen LogP contribution in [0, 0.1) is 26.6 Å². The molecule has 2 fully saturated rings. The van der Waals surface area contributed by atoms with E-state index in [1.165, 1.54) is 0 Å². The van der Waals surface area contributed by atoms with E-state index in [0.717, 1.165) is 66.9 Å². The lowest BCUT2D eigenvalue weighted by molar-refractivity contribution is 0.185. The summed E-state index contributed by atoms with van der Waals surface area (Å²) in [6.07, 6.45) is 3.03. The lowest BCUT2D eigenvalue weighted by atomic mass is 9.95. The zero-order valence-corrected chi connectivity index (χ0v) is 19.1. The van der Waals surface area contributed by atoms with E-state index in [-0.39, 0.29) is 11.9 Å². The van der Waals surface area contributed by atoms with Crippen LogP contribution in [0.5, 0.6) is 0 Å². The second kappa shape index (κ2) is 8.41. The van der Waals surface area contributed by atoms with Gasteiger partial charge in [-0.15, -0.1) is 0 Å². The Hall–Kier alpha value is -2.58. The summed E-state index contributed by atoms with van der Waals surface area (Å²) >= 11 is 0. The van der Waals surface area contributed by atoms with Gasteiger partial charge in [0.25, 0.3) is 5.89 Å². The highest BCUT2D eigenvalue weighted by atomic mass is 19.1. The Morgan fingerprint density at radius 1 is 1.12 bits per heavy atom. The summed E-state index contributed by atoms with van der Waals surface area (Å²) in [6.45, 7) is 10.3. The van der Waals surface area contributed by atoms with Crippen molar-refractivity contribution in [3.8, 4) is 11.5 Å².